The van der Waals surface area contributed by atoms with Gasteiger partial charge in [0.25, 0.3) is 0 Å². The summed E-state index contributed by atoms with van der Waals surface area (Å²) >= 11 is 0. The topological polar surface area (TPSA) is 68.6 Å². The summed E-state index contributed by atoms with van der Waals surface area (Å²) in [5.41, 5.74) is 3.11. The molecule has 2 amide bonds. The summed E-state index contributed by atoms with van der Waals surface area (Å²) in [5.74, 6) is 1.48. The van der Waals surface area contributed by atoms with Crippen molar-refractivity contribution in [1.29, 1.82) is 0 Å². The van der Waals surface area contributed by atoms with Gasteiger partial charge in [0.1, 0.15) is 0 Å². The Morgan fingerprint density at radius 2 is 2.07 bits per heavy atom. The van der Waals surface area contributed by atoms with E-state index in [0.717, 1.165) is 41.1 Å². The van der Waals surface area contributed by atoms with Crippen molar-refractivity contribution in [2.45, 2.75) is 19.5 Å². The molecule has 0 aliphatic carbocycles. The van der Waals surface area contributed by atoms with Gasteiger partial charge in [-0.25, -0.2) is 9.78 Å². The van der Waals surface area contributed by atoms with Crippen LogP contribution in [0.15, 0.2) is 48.8 Å². The lowest BCUT2D eigenvalue weighted by Gasteiger charge is -2.18. The monoisotopic (exact) mass is 366 g/mol. The molecule has 0 fully saturated rings. The van der Waals surface area contributed by atoms with E-state index in [1.807, 2.05) is 42.7 Å². The molecule has 2 aromatic carbocycles. The van der Waals surface area contributed by atoms with Crippen LogP contribution in [0.1, 0.15) is 12.0 Å². The number of nitrogens with one attached hydrogen (secondary N) is 1. The maximum absolute atomic E-state index is 12.3. The van der Waals surface area contributed by atoms with Crippen LogP contribution in [-0.4, -0.2) is 40.9 Å². The molecule has 140 valence electrons. The molecule has 27 heavy (non-hydrogen) atoms. The Morgan fingerprint density at radius 3 is 3.00 bits per heavy atom. The number of hydrogen-bond acceptors (Lipinski definition) is 4. The summed E-state index contributed by atoms with van der Waals surface area (Å²) in [6, 6.07) is 13.7. The Labute approximate surface area is 157 Å². The number of aryl methyl sites for hydroxylation is 1. The van der Waals surface area contributed by atoms with Gasteiger partial charge in [0.2, 0.25) is 6.79 Å². The fourth-order valence-corrected chi connectivity index (χ4v) is 3.15. The van der Waals surface area contributed by atoms with Crippen LogP contribution in [0.2, 0.25) is 0 Å². The minimum Gasteiger partial charge on any atom is -0.454 e. The number of amides is 2. The number of nitrogens with zero attached hydrogens (tertiary/aromatic N) is 3. The van der Waals surface area contributed by atoms with Gasteiger partial charge in [-0.1, -0.05) is 18.2 Å². The molecule has 4 rings (SSSR count). The predicted molar refractivity (Wildman–Crippen MR) is 102 cm³/mol. The highest BCUT2D eigenvalue weighted by molar-refractivity contribution is 5.75. The van der Waals surface area contributed by atoms with Gasteiger partial charge >= 0.3 is 6.03 Å². The van der Waals surface area contributed by atoms with E-state index < -0.39 is 0 Å². The first-order chi connectivity index (χ1) is 13.2. The summed E-state index contributed by atoms with van der Waals surface area (Å²) in [7, 11) is 1.78. The first-order valence-electron chi connectivity index (χ1n) is 8.98. The van der Waals surface area contributed by atoms with E-state index in [4.69, 9.17) is 9.47 Å². The molecule has 0 spiro atoms. The first-order valence-corrected chi connectivity index (χ1v) is 8.98. The number of urea groups is 1. The lowest BCUT2D eigenvalue weighted by atomic mass is 10.2. The number of hydrogen-bond donors (Lipinski definition) is 1. The average Bonchev–Trinajstić information content (AvgIpc) is 3.31. The summed E-state index contributed by atoms with van der Waals surface area (Å²) in [5, 5.41) is 2.96. The number of benzene rings is 2. The first kappa shape index (κ1) is 17.2. The van der Waals surface area contributed by atoms with E-state index in [-0.39, 0.29) is 12.8 Å². The fourth-order valence-electron chi connectivity index (χ4n) is 3.15. The molecule has 1 aliphatic heterocycles. The quantitative estimate of drug-likeness (QED) is 0.681. The third-order valence-corrected chi connectivity index (χ3v) is 4.58. The lowest BCUT2D eigenvalue weighted by Crippen LogP contribution is -2.37. The second-order valence-corrected chi connectivity index (χ2v) is 6.56. The van der Waals surface area contributed by atoms with Crippen molar-refractivity contribution in [3.63, 3.8) is 0 Å². The molecule has 0 radical (unpaired) electrons. The van der Waals surface area contributed by atoms with Crippen LogP contribution >= 0.6 is 0 Å². The highest BCUT2D eigenvalue weighted by atomic mass is 16.7. The van der Waals surface area contributed by atoms with Crippen molar-refractivity contribution < 1.29 is 14.3 Å². The van der Waals surface area contributed by atoms with Crippen LogP contribution in [0, 0.1) is 0 Å². The van der Waals surface area contributed by atoms with E-state index in [0.29, 0.717) is 13.1 Å². The molecule has 0 saturated carbocycles. The van der Waals surface area contributed by atoms with Crippen molar-refractivity contribution in [1.82, 2.24) is 19.8 Å². The van der Waals surface area contributed by atoms with Crippen molar-refractivity contribution in [3.8, 4) is 11.5 Å². The summed E-state index contributed by atoms with van der Waals surface area (Å²) in [6.07, 6.45) is 2.68. The second-order valence-electron chi connectivity index (χ2n) is 6.56. The molecule has 0 unspecified atom stereocenters. The van der Waals surface area contributed by atoms with E-state index in [1.54, 1.807) is 11.9 Å². The van der Waals surface area contributed by atoms with Crippen molar-refractivity contribution >= 4 is 17.1 Å². The molecular weight excluding hydrogens is 344 g/mol. The molecule has 2 heterocycles. The molecule has 1 N–H and O–H groups in total. The number of fused-ring (bicyclic) bond motifs is 2. The Kier molecular flexibility index (Phi) is 4.82. The zero-order chi connectivity index (χ0) is 18.6. The van der Waals surface area contributed by atoms with Crippen LogP contribution < -0.4 is 14.8 Å². The predicted octanol–water partition coefficient (Wildman–Crippen LogP) is 3.00. The number of carbonyl (C=O) groups is 1. The van der Waals surface area contributed by atoms with Crippen LogP contribution in [0.5, 0.6) is 11.5 Å². The van der Waals surface area contributed by atoms with Gasteiger partial charge in [-0.3, -0.25) is 0 Å². The van der Waals surface area contributed by atoms with Crippen LogP contribution in [-0.2, 0) is 13.1 Å². The maximum atomic E-state index is 12.3. The average molecular weight is 366 g/mol. The summed E-state index contributed by atoms with van der Waals surface area (Å²) in [4.78, 5) is 18.3. The Balaban J connectivity index is 1.24. The minimum absolute atomic E-state index is 0.0943. The van der Waals surface area contributed by atoms with E-state index in [9.17, 15) is 4.79 Å². The molecule has 7 heteroatoms. The molecular formula is C20H22N4O3. The Morgan fingerprint density at radius 1 is 1.22 bits per heavy atom. The molecule has 7 nitrogen and oxygen atoms in total. The van der Waals surface area contributed by atoms with Gasteiger partial charge in [-0.15, -0.1) is 0 Å². The van der Waals surface area contributed by atoms with Crippen LogP contribution in [0.3, 0.4) is 0 Å². The van der Waals surface area contributed by atoms with E-state index in [1.165, 1.54) is 0 Å². The van der Waals surface area contributed by atoms with Gasteiger partial charge in [0.15, 0.2) is 11.5 Å². The van der Waals surface area contributed by atoms with Gasteiger partial charge < -0.3 is 24.3 Å². The smallest absolute Gasteiger partial charge is 0.317 e. The van der Waals surface area contributed by atoms with Gasteiger partial charge in [0.05, 0.1) is 17.4 Å². The number of para-hydroxylation sites is 2. The molecule has 1 aliphatic rings. The molecule has 0 saturated heterocycles. The third-order valence-electron chi connectivity index (χ3n) is 4.58. The largest absolute Gasteiger partial charge is 0.454 e. The number of aromatic nitrogens is 2. The number of ether oxygens (including phenoxy) is 2. The van der Waals surface area contributed by atoms with Crippen LogP contribution in [0.4, 0.5) is 4.79 Å². The highest BCUT2D eigenvalue weighted by Gasteiger charge is 2.15. The SMILES string of the molecule is CN(Cc1ccc2c(c1)OCO2)C(=O)NCCCn1cnc2ccccc21. The van der Waals surface area contributed by atoms with E-state index >= 15 is 0 Å². The molecule has 1 aromatic heterocycles. The lowest BCUT2D eigenvalue weighted by molar-refractivity contribution is 0.174. The maximum Gasteiger partial charge on any atom is 0.317 e. The van der Waals surface area contributed by atoms with Gasteiger partial charge in [0, 0.05) is 26.7 Å². The normalized spacial score (nSPS) is 12.3. The number of carbonyl (C=O) groups excluding carboxylic acids is 1. The highest BCUT2D eigenvalue weighted by Crippen LogP contribution is 2.32. The van der Waals surface area contributed by atoms with Gasteiger partial charge in [-0.2, -0.15) is 0 Å². The molecule has 0 bridgehead atoms. The number of imidazole rings is 1. The summed E-state index contributed by atoms with van der Waals surface area (Å²) < 4.78 is 12.8. The summed E-state index contributed by atoms with van der Waals surface area (Å²) in [6.45, 7) is 2.18. The van der Waals surface area contributed by atoms with Crippen molar-refractivity contribution in [3.05, 3.63) is 54.4 Å². The van der Waals surface area contributed by atoms with E-state index in [2.05, 4.69) is 20.9 Å². The third kappa shape index (κ3) is 3.81. The second kappa shape index (κ2) is 7.57. The number of rotatable bonds is 6. The molecule has 0 atom stereocenters. The van der Waals surface area contributed by atoms with Crippen molar-refractivity contribution in [2.24, 2.45) is 0 Å². The fraction of sp³-hybridized carbons (Fsp3) is 0.300. The minimum atomic E-state index is -0.0943. The molecule has 3 aromatic rings. The standard InChI is InChI=1S/C20H22N4O3/c1-23(12-15-7-8-18-19(11-15)27-14-26-18)20(25)21-9-4-10-24-13-22-16-5-2-3-6-17(16)24/h2-3,5-8,11,13H,4,9-10,12,14H2,1H3,(H,21,25). The zero-order valence-corrected chi connectivity index (χ0v) is 15.2. The van der Waals surface area contributed by atoms with Crippen LogP contribution in [0.25, 0.3) is 11.0 Å². The zero-order valence-electron chi connectivity index (χ0n) is 15.2. The van der Waals surface area contributed by atoms with Crippen molar-refractivity contribution in [2.75, 3.05) is 20.4 Å². The van der Waals surface area contributed by atoms with Gasteiger partial charge in [-0.05, 0) is 36.2 Å². The Bertz CT molecular complexity index is 953. The Hall–Kier alpha value is -3.22.